The number of aliphatic imine (C=N–C) groups is 1. The highest BCUT2D eigenvalue weighted by atomic mass is 127. The van der Waals surface area contributed by atoms with Gasteiger partial charge >= 0.3 is 5.97 Å². The smallest absolute Gasteiger partial charge is 0.363 e. The summed E-state index contributed by atoms with van der Waals surface area (Å²) in [6, 6.07) is 20.4. The van der Waals surface area contributed by atoms with Crippen LogP contribution in [0.15, 0.2) is 77.4 Å². The van der Waals surface area contributed by atoms with E-state index in [2.05, 4.69) is 27.6 Å². The predicted molar refractivity (Wildman–Crippen MR) is 127 cm³/mol. The van der Waals surface area contributed by atoms with Gasteiger partial charge in [-0.05, 0) is 70.6 Å². The van der Waals surface area contributed by atoms with Crippen LogP contribution in [0.1, 0.15) is 16.7 Å². The molecule has 0 saturated heterocycles. The Morgan fingerprint density at radius 2 is 1.80 bits per heavy atom. The molecule has 0 spiro atoms. The van der Waals surface area contributed by atoms with E-state index in [0.29, 0.717) is 28.0 Å². The third kappa shape index (κ3) is 4.86. The van der Waals surface area contributed by atoms with Crippen LogP contribution in [0.5, 0.6) is 5.75 Å². The van der Waals surface area contributed by atoms with Crippen molar-refractivity contribution in [2.24, 2.45) is 4.99 Å². The Morgan fingerprint density at radius 1 is 1.03 bits per heavy atom. The molecule has 0 amide bonds. The molecule has 0 bridgehead atoms. The first-order valence-corrected chi connectivity index (χ1v) is 10.8. The van der Waals surface area contributed by atoms with Gasteiger partial charge in [-0.1, -0.05) is 53.5 Å². The fourth-order valence-corrected chi connectivity index (χ4v) is 3.66. The molecule has 0 unspecified atom stereocenters. The molecule has 1 aliphatic heterocycles. The van der Waals surface area contributed by atoms with Crippen LogP contribution < -0.4 is 4.74 Å². The average molecular weight is 550 g/mol. The lowest BCUT2D eigenvalue weighted by molar-refractivity contribution is -0.129. The highest BCUT2D eigenvalue weighted by molar-refractivity contribution is 14.1. The van der Waals surface area contributed by atoms with Crippen molar-refractivity contribution >= 4 is 63.7 Å². The number of hydrogen-bond acceptors (Lipinski definition) is 4. The number of nitrogens with zero attached hydrogens (tertiary/aromatic N) is 1. The fourth-order valence-electron chi connectivity index (χ4n) is 2.81. The molecule has 1 heterocycles. The fraction of sp³-hybridized carbons (Fsp3) is 0.0435. The number of rotatable bonds is 5. The first kappa shape index (κ1) is 20.9. The molecule has 30 heavy (non-hydrogen) atoms. The normalized spacial score (nSPS) is 14.6. The van der Waals surface area contributed by atoms with E-state index in [0.717, 1.165) is 14.7 Å². The number of carbonyl (C=O) groups excluding carboxylic acids is 1. The number of carbonyl (C=O) groups is 1. The van der Waals surface area contributed by atoms with Gasteiger partial charge in [0, 0.05) is 14.2 Å². The molecule has 150 valence electrons. The molecule has 0 radical (unpaired) electrons. The van der Waals surface area contributed by atoms with E-state index >= 15 is 0 Å². The highest BCUT2D eigenvalue weighted by Gasteiger charge is 2.26. The van der Waals surface area contributed by atoms with E-state index in [1.54, 1.807) is 24.3 Å². The second kappa shape index (κ2) is 9.20. The van der Waals surface area contributed by atoms with Crippen LogP contribution in [0.3, 0.4) is 0 Å². The van der Waals surface area contributed by atoms with Gasteiger partial charge in [-0.3, -0.25) is 0 Å². The molecule has 7 heteroatoms. The van der Waals surface area contributed by atoms with Crippen LogP contribution in [-0.2, 0) is 16.1 Å². The Balaban J connectivity index is 1.59. The van der Waals surface area contributed by atoms with Gasteiger partial charge in [-0.25, -0.2) is 9.79 Å². The minimum Gasteiger partial charge on any atom is -0.488 e. The van der Waals surface area contributed by atoms with Crippen molar-refractivity contribution in [1.29, 1.82) is 0 Å². The molecular formula is C23H14Cl2INO3. The summed E-state index contributed by atoms with van der Waals surface area (Å²) in [7, 11) is 0. The Hall–Kier alpha value is -2.35. The molecule has 0 fully saturated rings. The zero-order valence-corrected chi connectivity index (χ0v) is 19.1. The summed E-state index contributed by atoms with van der Waals surface area (Å²) in [5, 5.41) is 0.847. The Kier molecular flexibility index (Phi) is 6.41. The number of halogens is 3. The highest BCUT2D eigenvalue weighted by Crippen LogP contribution is 2.28. The number of benzene rings is 3. The van der Waals surface area contributed by atoms with E-state index in [-0.39, 0.29) is 11.6 Å². The molecule has 3 aromatic carbocycles. The van der Waals surface area contributed by atoms with Crippen molar-refractivity contribution in [3.63, 3.8) is 0 Å². The van der Waals surface area contributed by atoms with E-state index in [9.17, 15) is 4.79 Å². The zero-order chi connectivity index (χ0) is 21.1. The second-order valence-electron chi connectivity index (χ2n) is 6.41. The predicted octanol–water partition coefficient (Wildman–Crippen LogP) is 6.52. The van der Waals surface area contributed by atoms with Gasteiger partial charge in [0.05, 0.1) is 10.6 Å². The summed E-state index contributed by atoms with van der Waals surface area (Å²) in [6.07, 6.45) is 1.64. The van der Waals surface area contributed by atoms with Gasteiger partial charge in [-0.15, -0.1) is 0 Å². The minimum atomic E-state index is -0.552. The summed E-state index contributed by atoms with van der Waals surface area (Å²) in [5.74, 6) is 0.234. The maximum Gasteiger partial charge on any atom is 0.363 e. The number of ether oxygens (including phenoxy) is 2. The summed E-state index contributed by atoms with van der Waals surface area (Å²) in [4.78, 5) is 16.7. The summed E-state index contributed by atoms with van der Waals surface area (Å²) in [6.45, 7) is 0.413. The Labute approximate surface area is 197 Å². The van der Waals surface area contributed by atoms with Crippen LogP contribution in [-0.4, -0.2) is 11.9 Å². The van der Waals surface area contributed by atoms with Crippen molar-refractivity contribution in [3.8, 4) is 5.75 Å². The zero-order valence-electron chi connectivity index (χ0n) is 15.4. The minimum absolute atomic E-state index is 0.144. The second-order valence-corrected chi connectivity index (χ2v) is 8.50. The maximum absolute atomic E-state index is 12.3. The molecule has 3 aromatic rings. The monoisotopic (exact) mass is 549 g/mol. The third-order valence-corrected chi connectivity index (χ3v) is 5.57. The molecular weight excluding hydrogens is 536 g/mol. The van der Waals surface area contributed by atoms with Crippen LogP contribution >= 0.6 is 45.8 Å². The van der Waals surface area contributed by atoms with Gasteiger partial charge in [0.2, 0.25) is 5.90 Å². The standard InChI is InChI=1S/C23H14Cl2INO3/c24-16-7-10-18(19(25)12-16)22-27-20(23(28)30-22)11-15-3-1-2-4-21(15)29-13-14-5-8-17(26)9-6-14/h1-12H,13H2/b20-11-. The third-order valence-electron chi connectivity index (χ3n) is 4.30. The maximum atomic E-state index is 12.3. The van der Waals surface area contributed by atoms with E-state index in [1.165, 1.54) is 0 Å². The molecule has 1 aliphatic rings. The van der Waals surface area contributed by atoms with Crippen LogP contribution in [0.4, 0.5) is 0 Å². The Morgan fingerprint density at radius 3 is 2.57 bits per heavy atom. The molecule has 0 N–H and O–H groups in total. The van der Waals surface area contributed by atoms with Crippen LogP contribution in [0, 0.1) is 3.57 Å². The first-order chi connectivity index (χ1) is 14.5. The van der Waals surface area contributed by atoms with Crippen molar-refractivity contribution < 1.29 is 14.3 Å². The average Bonchev–Trinajstić information content (AvgIpc) is 3.08. The van der Waals surface area contributed by atoms with Gasteiger partial charge < -0.3 is 9.47 Å². The van der Waals surface area contributed by atoms with Crippen LogP contribution in [0.2, 0.25) is 10.0 Å². The molecule has 4 rings (SSSR count). The largest absolute Gasteiger partial charge is 0.488 e. The van der Waals surface area contributed by atoms with Gasteiger partial charge in [-0.2, -0.15) is 0 Å². The van der Waals surface area contributed by atoms with E-state index in [4.69, 9.17) is 32.7 Å². The van der Waals surface area contributed by atoms with Gasteiger partial charge in [0.25, 0.3) is 0 Å². The first-order valence-electron chi connectivity index (χ1n) is 8.94. The number of esters is 1. The van der Waals surface area contributed by atoms with Gasteiger partial charge in [0.15, 0.2) is 5.70 Å². The summed E-state index contributed by atoms with van der Waals surface area (Å²) < 4.78 is 12.4. The van der Waals surface area contributed by atoms with Crippen molar-refractivity contribution in [2.45, 2.75) is 6.61 Å². The molecule has 4 nitrogen and oxygen atoms in total. The van der Waals surface area contributed by atoms with Crippen molar-refractivity contribution in [2.75, 3.05) is 0 Å². The van der Waals surface area contributed by atoms with Crippen molar-refractivity contribution in [1.82, 2.24) is 0 Å². The quantitative estimate of drug-likeness (QED) is 0.207. The lowest BCUT2D eigenvalue weighted by Crippen LogP contribution is -2.06. The van der Waals surface area contributed by atoms with E-state index in [1.807, 2.05) is 48.5 Å². The van der Waals surface area contributed by atoms with Gasteiger partial charge in [0.1, 0.15) is 12.4 Å². The van der Waals surface area contributed by atoms with Crippen molar-refractivity contribution in [3.05, 3.63) is 103 Å². The number of para-hydroxylation sites is 1. The van der Waals surface area contributed by atoms with Crippen LogP contribution in [0.25, 0.3) is 6.08 Å². The molecule has 0 atom stereocenters. The Bertz CT molecular complexity index is 1170. The SMILES string of the molecule is O=C1OC(c2ccc(Cl)cc2Cl)=N/C1=C\c1ccccc1OCc1ccc(I)cc1. The lowest BCUT2D eigenvalue weighted by atomic mass is 10.1. The van der Waals surface area contributed by atoms with E-state index < -0.39 is 5.97 Å². The molecule has 0 aromatic heterocycles. The number of cyclic esters (lactones) is 1. The number of hydrogen-bond donors (Lipinski definition) is 0. The summed E-state index contributed by atoms with van der Waals surface area (Å²) in [5.41, 5.74) is 2.44. The molecule has 0 saturated carbocycles. The topological polar surface area (TPSA) is 47.9 Å². The summed E-state index contributed by atoms with van der Waals surface area (Å²) >= 11 is 14.4. The lowest BCUT2D eigenvalue weighted by Gasteiger charge is -2.09. The molecule has 0 aliphatic carbocycles.